The predicted molar refractivity (Wildman–Crippen MR) is 85.5 cm³/mol. The van der Waals surface area contributed by atoms with Gasteiger partial charge in [-0.05, 0) is 29.3 Å². The Morgan fingerprint density at radius 2 is 1.85 bits per heavy atom. The Morgan fingerprint density at radius 1 is 1.05 bits per heavy atom. The quantitative estimate of drug-likeness (QED) is 0.430. The Labute approximate surface area is 128 Å². The molecule has 20 heavy (non-hydrogen) atoms. The van der Waals surface area contributed by atoms with E-state index in [0.29, 0.717) is 16.7 Å². The van der Waals surface area contributed by atoms with Crippen LogP contribution in [0.3, 0.4) is 0 Å². The number of hydrogen-bond acceptors (Lipinski definition) is 2. The lowest BCUT2D eigenvalue weighted by molar-refractivity contribution is 0.177. The Hall–Kier alpha value is -1.77. The molecule has 0 fully saturated rings. The van der Waals surface area contributed by atoms with Crippen LogP contribution in [-0.4, -0.2) is 12.8 Å². The van der Waals surface area contributed by atoms with E-state index in [1.807, 2.05) is 48.6 Å². The van der Waals surface area contributed by atoms with E-state index in [4.69, 9.17) is 28.0 Å². The van der Waals surface area contributed by atoms with Crippen LogP contribution in [0.25, 0.3) is 6.08 Å². The summed E-state index contributed by atoms with van der Waals surface area (Å²) in [6.07, 6.45) is 5.39. The molecule has 0 aliphatic rings. The number of halogens is 2. The second kappa shape index (κ2) is 7.73. The van der Waals surface area contributed by atoms with Crippen molar-refractivity contribution < 1.29 is 4.84 Å². The van der Waals surface area contributed by atoms with E-state index < -0.39 is 0 Å². The van der Waals surface area contributed by atoms with E-state index in [2.05, 4.69) is 5.16 Å². The molecule has 0 amide bonds. The molecule has 2 aromatic rings. The van der Waals surface area contributed by atoms with Crippen molar-refractivity contribution in [2.24, 2.45) is 5.16 Å². The maximum atomic E-state index is 6.04. The van der Waals surface area contributed by atoms with Crippen molar-refractivity contribution in [2.45, 2.75) is 0 Å². The summed E-state index contributed by atoms with van der Waals surface area (Å²) in [6, 6.07) is 15.1. The Kier molecular flexibility index (Phi) is 5.66. The van der Waals surface area contributed by atoms with Gasteiger partial charge in [-0.2, -0.15) is 0 Å². The van der Waals surface area contributed by atoms with Crippen LogP contribution in [-0.2, 0) is 4.84 Å². The molecule has 0 saturated heterocycles. The van der Waals surface area contributed by atoms with Crippen LogP contribution >= 0.6 is 23.2 Å². The summed E-state index contributed by atoms with van der Waals surface area (Å²) >= 11 is 11.9. The molecule has 4 heteroatoms. The number of oxime groups is 1. The van der Waals surface area contributed by atoms with E-state index in [9.17, 15) is 0 Å². The van der Waals surface area contributed by atoms with Crippen LogP contribution in [0, 0.1) is 0 Å². The predicted octanol–water partition coefficient (Wildman–Crippen LogP) is 5.06. The van der Waals surface area contributed by atoms with E-state index in [-0.39, 0.29) is 0 Å². The zero-order valence-electron chi connectivity index (χ0n) is 10.7. The molecule has 0 aromatic heterocycles. The van der Waals surface area contributed by atoms with Crippen LogP contribution in [0.1, 0.15) is 11.1 Å². The number of benzene rings is 2. The Bertz CT molecular complexity index is 609. The highest BCUT2D eigenvalue weighted by Crippen LogP contribution is 2.21. The fraction of sp³-hybridized carbons (Fsp3) is 0.0625. The number of rotatable bonds is 5. The van der Waals surface area contributed by atoms with Crippen LogP contribution in [0.5, 0.6) is 0 Å². The largest absolute Gasteiger partial charge is 0.392 e. The third-order valence-electron chi connectivity index (χ3n) is 2.51. The highest BCUT2D eigenvalue weighted by atomic mass is 35.5. The molecule has 0 saturated carbocycles. The standard InChI is InChI=1S/C16H13Cl2NO/c17-15-9-8-14(16(18)11-15)7-4-10-20-19-12-13-5-2-1-3-6-13/h1-9,11-12H,10H2/b7-4+,19-12+. The Morgan fingerprint density at radius 3 is 2.60 bits per heavy atom. The summed E-state index contributed by atoms with van der Waals surface area (Å²) in [5.41, 5.74) is 1.89. The molecular weight excluding hydrogens is 293 g/mol. The van der Waals surface area contributed by atoms with E-state index in [0.717, 1.165) is 11.1 Å². The maximum Gasteiger partial charge on any atom is 0.135 e. The fourth-order valence-electron chi connectivity index (χ4n) is 1.54. The molecule has 0 aliphatic carbocycles. The van der Waals surface area contributed by atoms with Gasteiger partial charge in [0.25, 0.3) is 0 Å². The lowest BCUT2D eigenvalue weighted by atomic mass is 10.2. The lowest BCUT2D eigenvalue weighted by Gasteiger charge is -1.98. The smallest absolute Gasteiger partial charge is 0.135 e. The van der Waals surface area contributed by atoms with Gasteiger partial charge < -0.3 is 4.84 Å². The average Bonchev–Trinajstić information content (AvgIpc) is 2.46. The highest BCUT2D eigenvalue weighted by molar-refractivity contribution is 6.35. The van der Waals surface area contributed by atoms with Gasteiger partial charge in [0, 0.05) is 10.0 Å². The minimum atomic E-state index is 0.377. The lowest BCUT2D eigenvalue weighted by Crippen LogP contribution is -1.85. The third-order valence-corrected chi connectivity index (χ3v) is 3.07. The highest BCUT2D eigenvalue weighted by Gasteiger charge is 1.96. The number of nitrogens with zero attached hydrogens (tertiary/aromatic N) is 1. The molecular formula is C16H13Cl2NO. The molecule has 2 aromatic carbocycles. The normalized spacial score (nSPS) is 11.3. The van der Waals surface area contributed by atoms with Gasteiger partial charge in [-0.25, -0.2) is 0 Å². The third kappa shape index (κ3) is 4.72. The zero-order valence-corrected chi connectivity index (χ0v) is 12.2. The SMILES string of the molecule is Clc1ccc(/C=C/CO/N=C/c2ccccc2)c(Cl)c1. The van der Waals surface area contributed by atoms with Crippen molar-refractivity contribution in [2.75, 3.05) is 6.61 Å². The van der Waals surface area contributed by atoms with E-state index >= 15 is 0 Å². The molecule has 102 valence electrons. The van der Waals surface area contributed by atoms with Gasteiger partial charge in [-0.1, -0.05) is 70.8 Å². The fourth-order valence-corrected chi connectivity index (χ4v) is 2.01. The summed E-state index contributed by atoms with van der Waals surface area (Å²) in [5.74, 6) is 0. The first-order chi connectivity index (χ1) is 9.75. The summed E-state index contributed by atoms with van der Waals surface area (Å²) in [4.78, 5) is 5.14. The van der Waals surface area contributed by atoms with Crippen LogP contribution < -0.4 is 0 Å². The first-order valence-corrected chi connectivity index (χ1v) is 6.83. The van der Waals surface area contributed by atoms with Crippen LogP contribution in [0.2, 0.25) is 10.0 Å². The summed E-state index contributed by atoms with van der Waals surface area (Å²) in [5, 5.41) is 5.11. The number of hydrogen-bond donors (Lipinski definition) is 0. The van der Waals surface area contributed by atoms with Gasteiger partial charge in [0.05, 0.1) is 6.21 Å². The molecule has 0 bridgehead atoms. The van der Waals surface area contributed by atoms with Crippen molar-refractivity contribution in [3.05, 3.63) is 75.8 Å². The topological polar surface area (TPSA) is 21.6 Å². The van der Waals surface area contributed by atoms with Gasteiger partial charge in [0.1, 0.15) is 6.61 Å². The summed E-state index contributed by atoms with van der Waals surface area (Å²) in [7, 11) is 0. The second-order valence-corrected chi connectivity index (χ2v) is 4.85. The Balaban J connectivity index is 1.81. The molecule has 0 N–H and O–H groups in total. The first kappa shape index (κ1) is 14.6. The molecule has 0 spiro atoms. The summed E-state index contributed by atoms with van der Waals surface area (Å²) in [6.45, 7) is 0.377. The minimum absolute atomic E-state index is 0.377. The van der Waals surface area contributed by atoms with Crippen LogP contribution in [0.4, 0.5) is 0 Å². The first-order valence-electron chi connectivity index (χ1n) is 6.08. The monoisotopic (exact) mass is 305 g/mol. The van der Waals surface area contributed by atoms with Crippen molar-refractivity contribution >= 4 is 35.5 Å². The van der Waals surface area contributed by atoms with Gasteiger partial charge in [-0.15, -0.1) is 0 Å². The van der Waals surface area contributed by atoms with E-state index in [1.165, 1.54) is 0 Å². The van der Waals surface area contributed by atoms with Gasteiger partial charge in [-0.3, -0.25) is 0 Å². The van der Waals surface area contributed by atoms with Crippen molar-refractivity contribution in [1.82, 2.24) is 0 Å². The summed E-state index contributed by atoms with van der Waals surface area (Å²) < 4.78 is 0. The zero-order chi connectivity index (χ0) is 14.2. The second-order valence-electron chi connectivity index (χ2n) is 4.01. The average molecular weight is 306 g/mol. The van der Waals surface area contributed by atoms with Crippen molar-refractivity contribution in [3.63, 3.8) is 0 Å². The molecule has 0 radical (unpaired) electrons. The molecule has 2 rings (SSSR count). The molecule has 0 heterocycles. The molecule has 2 nitrogen and oxygen atoms in total. The van der Waals surface area contributed by atoms with Gasteiger partial charge >= 0.3 is 0 Å². The van der Waals surface area contributed by atoms with E-state index in [1.54, 1.807) is 18.3 Å². The molecule has 0 aliphatic heterocycles. The van der Waals surface area contributed by atoms with Crippen molar-refractivity contribution in [1.29, 1.82) is 0 Å². The van der Waals surface area contributed by atoms with Crippen LogP contribution in [0.15, 0.2) is 59.8 Å². The van der Waals surface area contributed by atoms with Gasteiger partial charge in [0.2, 0.25) is 0 Å². The van der Waals surface area contributed by atoms with Gasteiger partial charge in [0.15, 0.2) is 0 Å². The molecule has 0 unspecified atom stereocenters. The minimum Gasteiger partial charge on any atom is -0.392 e. The van der Waals surface area contributed by atoms with Crippen molar-refractivity contribution in [3.8, 4) is 0 Å². The maximum absolute atomic E-state index is 6.04. The molecule has 0 atom stereocenters.